The van der Waals surface area contributed by atoms with Gasteiger partial charge in [0, 0.05) is 31.1 Å². The lowest BCUT2D eigenvalue weighted by molar-refractivity contribution is -0.123. The molecule has 0 spiro atoms. The van der Waals surface area contributed by atoms with E-state index in [4.69, 9.17) is 16.3 Å². The minimum absolute atomic E-state index is 0.0514. The van der Waals surface area contributed by atoms with Crippen molar-refractivity contribution in [1.82, 2.24) is 4.90 Å². The third kappa shape index (κ3) is 3.44. The number of hydrogen-bond acceptors (Lipinski definition) is 3. The number of halogens is 1. The van der Waals surface area contributed by atoms with Gasteiger partial charge in [0.05, 0.1) is 11.7 Å². The zero-order chi connectivity index (χ0) is 18.4. The van der Waals surface area contributed by atoms with Crippen LogP contribution in [0.1, 0.15) is 24.8 Å². The normalized spacial score (nSPS) is 24.9. The van der Waals surface area contributed by atoms with Gasteiger partial charge in [0.15, 0.2) is 0 Å². The van der Waals surface area contributed by atoms with E-state index in [1.54, 1.807) is 0 Å². The van der Waals surface area contributed by atoms with Gasteiger partial charge in [0.25, 0.3) is 0 Å². The van der Waals surface area contributed by atoms with Crippen LogP contribution in [-0.4, -0.2) is 36.0 Å². The first-order valence-electron chi connectivity index (χ1n) is 9.73. The lowest BCUT2D eigenvalue weighted by atomic mass is 10.1. The maximum Gasteiger partial charge on any atom is 0.244 e. The zero-order valence-electron chi connectivity index (χ0n) is 15.2. The molecule has 2 unspecified atom stereocenters. The SMILES string of the molecule is O=C1C2CC(CN2Cc2ccc(Cl)cc2)Oc2ccccc2N1CC1CC1. The molecule has 27 heavy (non-hydrogen) atoms. The molecule has 2 aliphatic heterocycles. The van der Waals surface area contributed by atoms with E-state index >= 15 is 0 Å². The summed E-state index contributed by atoms with van der Waals surface area (Å²) in [5, 5.41) is 0.734. The van der Waals surface area contributed by atoms with Gasteiger partial charge in [-0.1, -0.05) is 35.9 Å². The van der Waals surface area contributed by atoms with Crippen molar-refractivity contribution in [2.75, 3.05) is 18.0 Å². The lowest BCUT2D eigenvalue weighted by Crippen LogP contribution is -2.46. The topological polar surface area (TPSA) is 32.8 Å². The summed E-state index contributed by atoms with van der Waals surface area (Å²) >= 11 is 6.01. The molecule has 0 radical (unpaired) electrons. The minimum Gasteiger partial charge on any atom is -0.487 e. The Balaban J connectivity index is 1.45. The van der Waals surface area contributed by atoms with Crippen molar-refractivity contribution in [2.45, 2.75) is 38.0 Å². The predicted molar refractivity (Wildman–Crippen MR) is 106 cm³/mol. The summed E-state index contributed by atoms with van der Waals surface area (Å²) in [5.41, 5.74) is 2.10. The molecule has 1 saturated carbocycles. The molecule has 3 aliphatic rings. The number of carbonyl (C=O) groups is 1. The molecule has 1 amide bonds. The Labute approximate surface area is 164 Å². The van der Waals surface area contributed by atoms with Gasteiger partial charge in [-0.3, -0.25) is 9.69 Å². The highest BCUT2D eigenvalue weighted by Gasteiger charge is 2.43. The van der Waals surface area contributed by atoms with E-state index in [9.17, 15) is 4.79 Å². The first-order chi connectivity index (χ1) is 13.2. The van der Waals surface area contributed by atoms with Gasteiger partial charge in [-0.15, -0.1) is 0 Å². The van der Waals surface area contributed by atoms with Gasteiger partial charge in [-0.25, -0.2) is 0 Å². The highest BCUT2D eigenvalue weighted by molar-refractivity contribution is 6.30. The van der Waals surface area contributed by atoms with Crippen molar-refractivity contribution >= 4 is 23.2 Å². The zero-order valence-corrected chi connectivity index (χ0v) is 15.9. The van der Waals surface area contributed by atoms with E-state index in [0.29, 0.717) is 5.92 Å². The standard InChI is InChI=1S/C22H23ClN2O2/c23-17-9-7-15(8-10-17)12-24-14-18-11-20(24)22(26)25(13-16-5-6-16)19-3-1-2-4-21(19)27-18/h1-4,7-10,16,18,20H,5-6,11-14H2. The smallest absolute Gasteiger partial charge is 0.244 e. The summed E-state index contributed by atoms with van der Waals surface area (Å²) in [6.07, 6.45) is 3.24. The number of benzene rings is 2. The van der Waals surface area contributed by atoms with Crippen LogP contribution in [0.3, 0.4) is 0 Å². The third-order valence-corrected chi connectivity index (χ3v) is 6.05. The molecule has 0 aromatic heterocycles. The quantitative estimate of drug-likeness (QED) is 0.797. The van der Waals surface area contributed by atoms with E-state index in [2.05, 4.69) is 4.90 Å². The second-order valence-electron chi connectivity index (χ2n) is 7.91. The Bertz CT molecular complexity index is 850. The van der Waals surface area contributed by atoms with Crippen molar-refractivity contribution in [3.63, 3.8) is 0 Å². The van der Waals surface area contributed by atoms with Crippen LogP contribution in [0.2, 0.25) is 5.02 Å². The number of likely N-dealkylation sites (tertiary alicyclic amines) is 1. The summed E-state index contributed by atoms with van der Waals surface area (Å²) < 4.78 is 6.34. The van der Waals surface area contributed by atoms with Gasteiger partial charge >= 0.3 is 0 Å². The van der Waals surface area contributed by atoms with Crippen LogP contribution in [0.25, 0.3) is 0 Å². The number of nitrogens with zero attached hydrogens (tertiary/aromatic N) is 2. The van der Waals surface area contributed by atoms with Crippen LogP contribution in [0.4, 0.5) is 5.69 Å². The number of fused-ring (bicyclic) bond motifs is 3. The molecular formula is C22H23ClN2O2. The first-order valence-corrected chi connectivity index (χ1v) is 10.1. The van der Waals surface area contributed by atoms with E-state index in [1.165, 1.54) is 18.4 Å². The fourth-order valence-electron chi connectivity index (χ4n) is 4.21. The average molecular weight is 383 g/mol. The number of carbonyl (C=O) groups excluding carboxylic acids is 1. The number of anilines is 1. The Morgan fingerprint density at radius 3 is 2.63 bits per heavy atom. The Morgan fingerprint density at radius 2 is 1.85 bits per heavy atom. The monoisotopic (exact) mass is 382 g/mol. The second-order valence-corrected chi connectivity index (χ2v) is 8.34. The fraction of sp³-hybridized carbons (Fsp3) is 0.409. The number of amides is 1. The van der Waals surface area contributed by atoms with Gasteiger partial charge in [-0.2, -0.15) is 0 Å². The largest absolute Gasteiger partial charge is 0.487 e. The molecule has 140 valence electrons. The number of rotatable bonds is 4. The van der Waals surface area contributed by atoms with Crippen LogP contribution in [0.15, 0.2) is 48.5 Å². The maximum absolute atomic E-state index is 13.5. The highest BCUT2D eigenvalue weighted by Crippen LogP contribution is 2.39. The van der Waals surface area contributed by atoms with Crippen LogP contribution >= 0.6 is 11.6 Å². The van der Waals surface area contributed by atoms with E-state index in [-0.39, 0.29) is 18.1 Å². The van der Waals surface area contributed by atoms with E-state index < -0.39 is 0 Å². The lowest BCUT2D eigenvalue weighted by Gasteiger charge is -2.32. The summed E-state index contributed by atoms with van der Waals surface area (Å²) in [6.45, 7) is 2.31. The molecule has 2 atom stereocenters. The Morgan fingerprint density at radius 1 is 1.07 bits per heavy atom. The Hall–Kier alpha value is -2.04. The third-order valence-electron chi connectivity index (χ3n) is 5.80. The minimum atomic E-state index is -0.127. The van der Waals surface area contributed by atoms with Crippen molar-refractivity contribution in [1.29, 1.82) is 0 Å². The van der Waals surface area contributed by atoms with Crippen molar-refractivity contribution in [3.05, 3.63) is 59.1 Å². The van der Waals surface area contributed by atoms with Crippen LogP contribution in [0.5, 0.6) is 5.75 Å². The van der Waals surface area contributed by atoms with Crippen molar-refractivity contribution in [2.24, 2.45) is 5.92 Å². The molecule has 1 saturated heterocycles. The van der Waals surface area contributed by atoms with Crippen LogP contribution in [-0.2, 0) is 11.3 Å². The molecule has 1 aliphatic carbocycles. The summed E-state index contributed by atoms with van der Waals surface area (Å²) in [4.78, 5) is 17.8. The molecule has 4 nitrogen and oxygen atoms in total. The number of para-hydroxylation sites is 2. The molecule has 5 rings (SSSR count). The molecular weight excluding hydrogens is 360 g/mol. The van der Waals surface area contributed by atoms with Gasteiger partial charge in [0.2, 0.25) is 5.91 Å². The van der Waals surface area contributed by atoms with Gasteiger partial charge < -0.3 is 9.64 Å². The van der Waals surface area contributed by atoms with E-state index in [1.807, 2.05) is 53.4 Å². The summed E-state index contributed by atoms with van der Waals surface area (Å²) in [5.74, 6) is 1.68. The van der Waals surface area contributed by atoms with Crippen LogP contribution in [0, 0.1) is 5.92 Å². The summed E-state index contributed by atoms with van der Waals surface area (Å²) in [6, 6.07) is 15.7. The van der Waals surface area contributed by atoms with E-state index in [0.717, 1.165) is 42.5 Å². The predicted octanol–water partition coefficient (Wildman–Crippen LogP) is 4.12. The molecule has 2 aromatic rings. The molecule has 2 bridgehead atoms. The van der Waals surface area contributed by atoms with Crippen molar-refractivity contribution in [3.8, 4) is 5.75 Å². The molecule has 2 heterocycles. The fourth-order valence-corrected chi connectivity index (χ4v) is 4.33. The Kier molecular flexibility index (Phi) is 4.33. The molecule has 5 heteroatoms. The average Bonchev–Trinajstić information content (AvgIpc) is 3.40. The molecule has 2 fully saturated rings. The van der Waals surface area contributed by atoms with Gasteiger partial charge in [0.1, 0.15) is 11.9 Å². The van der Waals surface area contributed by atoms with Crippen molar-refractivity contribution < 1.29 is 9.53 Å². The van der Waals surface area contributed by atoms with Gasteiger partial charge in [-0.05, 0) is 48.6 Å². The maximum atomic E-state index is 13.5. The highest BCUT2D eigenvalue weighted by atomic mass is 35.5. The number of ether oxygens (including phenoxy) is 1. The summed E-state index contributed by atoms with van der Waals surface area (Å²) in [7, 11) is 0. The molecule has 0 N–H and O–H groups in total. The number of hydrogen-bond donors (Lipinski definition) is 0. The second kappa shape index (κ2) is 6.84. The first kappa shape index (κ1) is 17.1. The van der Waals surface area contributed by atoms with Crippen LogP contribution < -0.4 is 9.64 Å². The molecule has 2 aromatic carbocycles.